The third-order valence-electron chi connectivity index (χ3n) is 20.8. The van der Waals surface area contributed by atoms with Crippen LogP contribution in [0.1, 0.15) is 186 Å². The van der Waals surface area contributed by atoms with Crippen LogP contribution in [-0.2, 0) is 109 Å². The van der Waals surface area contributed by atoms with Crippen LogP contribution in [0.4, 0.5) is 0 Å². The van der Waals surface area contributed by atoms with E-state index in [1.165, 1.54) is 49.9 Å². The van der Waals surface area contributed by atoms with E-state index in [1.54, 1.807) is 40.0 Å². The van der Waals surface area contributed by atoms with Gasteiger partial charge in [0.15, 0.2) is 23.5 Å². The highest BCUT2D eigenvalue weighted by atomic mass is 16.5. The summed E-state index contributed by atoms with van der Waals surface area (Å²) in [6.07, 6.45) is -5.04. The highest BCUT2D eigenvalue weighted by Crippen LogP contribution is 2.23. The topological polar surface area (TPSA) is 765 Å². The third-order valence-corrected chi connectivity index (χ3v) is 20.8. The van der Waals surface area contributed by atoms with Crippen molar-refractivity contribution < 1.29 is 126 Å². The van der Waals surface area contributed by atoms with Gasteiger partial charge in [-0.2, -0.15) is 0 Å². The summed E-state index contributed by atoms with van der Waals surface area (Å²) in [5.74, 6) is -22.0. The number of hydrogen-bond donors (Lipinski definition) is 25. The largest absolute Gasteiger partial charge is 0.481 e. The van der Waals surface area contributed by atoms with E-state index < -0.39 is 275 Å². The van der Waals surface area contributed by atoms with Gasteiger partial charge in [-0.3, -0.25) is 107 Å². The second-order valence-electron chi connectivity index (χ2n) is 32.6. The zero-order valence-electron chi connectivity index (χ0n) is 74.2. The predicted molar refractivity (Wildman–Crippen MR) is 468 cm³/mol. The van der Waals surface area contributed by atoms with Gasteiger partial charge < -0.3 is 132 Å². The Kier molecular flexibility index (Phi) is 46.7. The van der Waals surface area contributed by atoms with Gasteiger partial charge in [-0.05, 0) is 133 Å². The molecule has 3 aromatic rings. The number of likely N-dealkylation sites (tertiary alicyclic amines) is 1. The van der Waals surface area contributed by atoms with Gasteiger partial charge in [0.1, 0.15) is 73.1 Å². The Balaban J connectivity index is 1.51. The number of nitrogens with two attached hydrogens (primary N) is 3. The summed E-state index contributed by atoms with van der Waals surface area (Å²) in [7, 11) is 0. The molecule has 0 radical (unpaired) electrons. The second kappa shape index (κ2) is 55.9. The standard InChI is InChI=1S/C84H125N21O26/c1-43(2)37-60(78(126)94-45(5)71(119)101-61(38-44(3)4)79(127)103-63(40-50-41-93-54-14-9-8-13-51(50)54)80(128)96-53(47(7)107)15-10-32-91-83(86)87)104-81(129)64-17-12-35-105(64)82(130)59(16-11-33-92-84(88)89)95-65(108)42-131-36-34-90-73(121)62(39-48-18-20-49(21-19-48)46(6)106)102-77(125)58(26-31-70(117)118)100-76(124)57(25-30-69(115)116)99-75(123)56(24-29-68(113)114)98-74(122)55(23-28-67(111)112)97-72(120)52(85)22-27-66(109)110/h8-9,13-14,18-21,41,43-45,52-53,55-64,93H,10-12,15-17,22-40,42,85H2,1-7H3,(H,90,121)(H,94,126)(H,95,108)(H,96,128)(H,97,120)(H,98,122)(H,99,123)(H,100,124)(H,101,119)(H,102,125)(H,103,127)(H,104,129)(H,109,110)(H,111,112)(H,113,114)(H,115,116)(H,117,118)(H4,86,87,91)(H4,88,89,92)/t45-,52+,53-,55+,56?,57+,58?,59-,60-,61-,62-,63-,64-/m0/s1. The van der Waals surface area contributed by atoms with Crippen LogP contribution in [0.2, 0.25) is 0 Å². The van der Waals surface area contributed by atoms with Crippen molar-refractivity contribution in [1.29, 1.82) is 10.8 Å². The monoisotopic (exact) mass is 1840 g/mol. The first-order valence-electron chi connectivity index (χ1n) is 42.9. The second-order valence-corrected chi connectivity index (χ2v) is 32.6. The Morgan fingerprint density at radius 2 is 0.878 bits per heavy atom. The number of benzene rings is 2. The molecule has 1 fully saturated rings. The lowest BCUT2D eigenvalue weighted by molar-refractivity contribution is -0.143. The molecule has 131 heavy (non-hydrogen) atoms. The number of rotatable bonds is 61. The fourth-order valence-electron chi connectivity index (χ4n) is 13.8. The van der Waals surface area contributed by atoms with Crippen LogP contribution in [0.3, 0.4) is 0 Å². The molecule has 47 nitrogen and oxygen atoms in total. The maximum Gasteiger partial charge on any atom is 0.303 e. The number of carbonyl (C=O) groups excluding carboxylic acids is 15. The number of Topliss-reactive ketones (excluding diaryl/α,β-unsaturated/α-hetero) is 2. The van der Waals surface area contributed by atoms with E-state index in [0.717, 1.165) is 10.9 Å². The molecule has 1 aliphatic rings. The molecular weight excluding hydrogens is 1720 g/mol. The van der Waals surface area contributed by atoms with E-state index in [-0.39, 0.29) is 106 Å². The van der Waals surface area contributed by atoms with Crippen LogP contribution in [-0.4, -0.2) is 283 Å². The van der Waals surface area contributed by atoms with E-state index in [0.29, 0.717) is 24.0 Å². The highest BCUT2D eigenvalue weighted by molar-refractivity contribution is 6.01. The lowest BCUT2D eigenvalue weighted by Gasteiger charge is -2.30. The number of fused-ring (bicyclic) bond motifs is 1. The normalized spacial score (nSPS) is 15.0. The number of amides is 13. The molecule has 0 saturated carbocycles. The number of hydrogen-bond acceptors (Lipinski definition) is 24. The Hall–Kier alpha value is -13.8. The highest BCUT2D eigenvalue weighted by Gasteiger charge is 2.41. The van der Waals surface area contributed by atoms with Gasteiger partial charge >= 0.3 is 29.8 Å². The van der Waals surface area contributed by atoms with Crippen LogP contribution in [0.25, 0.3) is 10.9 Å². The number of aliphatic carboxylic acids is 5. The number of guanidine groups is 2. The van der Waals surface area contributed by atoms with E-state index in [1.807, 2.05) is 18.2 Å². The maximum atomic E-state index is 14.7. The summed E-state index contributed by atoms with van der Waals surface area (Å²) in [5, 5.41) is 98.6. The molecule has 722 valence electrons. The lowest BCUT2D eigenvalue weighted by atomic mass is 9.99. The van der Waals surface area contributed by atoms with Crippen LogP contribution in [0, 0.1) is 22.7 Å². The van der Waals surface area contributed by atoms with Crippen molar-refractivity contribution in [3.05, 3.63) is 71.4 Å². The van der Waals surface area contributed by atoms with E-state index >= 15 is 0 Å². The average molecular weight is 1850 g/mol. The van der Waals surface area contributed by atoms with Crippen molar-refractivity contribution in [3.8, 4) is 0 Å². The van der Waals surface area contributed by atoms with Gasteiger partial charge in [-0.25, -0.2) is 0 Å². The fraction of sp³-hybridized carbons (Fsp3) is 0.571. The van der Waals surface area contributed by atoms with Crippen molar-refractivity contribution in [2.24, 2.45) is 29.0 Å². The van der Waals surface area contributed by atoms with Crippen molar-refractivity contribution in [2.45, 2.75) is 255 Å². The number of ketones is 2. The molecule has 0 aliphatic carbocycles. The summed E-state index contributed by atoms with van der Waals surface area (Å²) >= 11 is 0. The molecule has 1 aromatic heterocycles. The number of nitrogens with one attached hydrogen (secondary N) is 17. The quantitative estimate of drug-likeness (QED) is 0.0113. The van der Waals surface area contributed by atoms with Gasteiger partial charge in [0.2, 0.25) is 76.8 Å². The number of carboxylic acid groups (broad SMARTS) is 5. The number of H-pyrrole nitrogens is 1. The molecule has 13 atom stereocenters. The molecule has 2 heterocycles. The first-order valence-corrected chi connectivity index (χ1v) is 42.9. The zero-order valence-corrected chi connectivity index (χ0v) is 74.2. The Labute approximate surface area is 754 Å². The molecular formula is C84H125N21O26. The minimum atomic E-state index is -1.99. The number of aromatic nitrogens is 1. The van der Waals surface area contributed by atoms with E-state index in [4.69, 9.17) is 37.9 Å². The van der Waals surface area contributed by atoms with Crippen molar-refractivity contribution >= 4 is 141 Å². The molecule has 28 N–H and O–H groups in total. The molecule has 1 aliphatic heterocycles. The Morgan fingerprint density at radius 3 is 1.35 bits per heavy atom. The average Bonchev–Trinajstić information content (AvgIpc) is 1.70. The SMILES string of the molecule is CC(=O)c1ccc(C[C@H](NC(=O)C(CCC(=O)O)NC(=O)[C@@H](CCC(=O)O)NC(=O)C(CCC(=O)O)NC(=O)[C@@H](CCC(=O)O)NC(=O)[C@H](N)CCC(=O)O)C(=O)NCCOCC(=O)N[C@@H](CCCNC(=N)N)C(=O)N2CCC[C@H]2C(=O)N[C@@H](CC(C)C)C(=O)N[C@@H](C)C(=O)N[C@@H](CC(C)C)C(=O)N[C@@H](Cc2c[nH]c3ccccc23)C(=O)N[C@@H](CCCNC(=N)N)C(C)=O)cc1. The molecule has 1 saturated heterocycles. The van der Waals surface area contributed by atoms with Gasteiger partial charge in [0.25, 0.3) is 0 Å². The summed E-state index contributed by atoms with van der Waals surface area (Å²) in [4.78, 5) is 272. The Bertz CT molecular complexity index is 4540. The smallest absolute Gasteiger partial charge is 0.303 e. The van der Waals surface area contributed by atoms with Gasteiger partial charge in [-0.15, -0.1) is 0 Å². The van der Waals surface area contributed by atoms with Gasteiger partial charge in [0, 0.05) is 93.8 Å². The number of nitrogens with zero attached hydrogens (tertiary/aromatic N) is 1. The summed E-state index contributed by atoms with van der Waals surface area (Å²) < 4.78 is 5.62. The van der Waals surface area contributed by atoms with Gasteiger partial charge in [-0.1, -0.05) is 70.2 Å². The predicted octanol–water partition coefficient (Wildman–Crippen LogP) is -3.51. The first-order chi connectivity index (χ1) is 61.7. The summed E-state index contributed by atoms with van der Waals surface area (Å²) in [6.45, 7) is 9.81. The third kappa shape index (κ3) is 40.6. The minimum Gasteiger partial charge on any atom is -0.481 e. The first kappa shape index (κ1) is 110. The van der Waals surface area contributed by atoms with Crippen LogP contribution in [0.5, 0.6) is 0 Å². The zero-order chi connectivity index (χ0) is 97.9. The van der Waals surface area contributed by atoms with Crippen molar-refractivity contribution in [2.75, 3.05) is 39.4 Å². The van der Waals surface area contributed by atoms with Crippen LogP contribution in [0.15, 0.2) is 54.7 Å². The van der Waals surface area contributed by atoms with Crippen LogP contribution >= 0.6 is 0 Å². The maximum absolute atomic E-state index is 14.7. The fourth-order valence-corrected chi connectivity index (χ4v) is 13.8. The van der Waals surface area contributed by atoms with Crippen molar-refractivity contribution in [1.82, 2.24) is 84.3 Å². The number of carboxylic acids is 5. The number of aromatic amines is 1. The molecule has 4 rings (SSSR count). The number of para-hydroxylation sites is 1. The van der Waals surface area contributed by atoms with Crippen LogP contribution < -0.4 is 91.6 Å². The summed E-state index contributed by atoms with van der Waals surface area (Å²) in [5.41, 5.74) is 18.7. The molecule has 0 spiro atoms. The molecule has 0 bridgehead atoms. The Morgan fingerprint density at radius 1 is 0.458 bits per heavy atom. The molecule has 47 heteroatoms. The van der Waals surface area contributed by atoms with Gasteiger partial charge in [0.05, 0.1) is 18.7 Å². The summed E-state index contributed by atoms with van der Waals surface area (Å²) in [6, 6.07) is -6.57. The van der Waals surface area contributed by atoms with E-state index in [9.17, 15) is 116 Å². The van der Waals surface area contributed by atoms with E-state index in [2.05, 4.69) is 79.4 Å². The van der Waals surface area contributed by atoms with Crippen molar-refractivity contribution in [3.63, 3.8) is 0 Å². The number of ether oxygens (including phenoxy) is 1. The lowest BCUT2D eigenvalue weighted by Crippen LogP contribution is -2.59. The minimum absolute atomic E-state index is 0.0110. The molecule has 13 amide bonds. The number of carbonyl (C=O) groups is 20. The molecule has 2 unspecified atom stereocenters. The molecule has 2 aromatic carbocycles.